The molecular formula is C26H29N3O5. The van der Waals surface area contributed by atoms with Crippen molar-refractivity contribution in [1.29, 1.82) is 0 Å². The molecule has 0 spiro atoms. The Morgan fingerprint density at radius 3 is 2.53 bits per heavy atom. The molecule has 0 radical (unpaired) electrons. The Balaban J connectivity index is 1.72. The highest BCUT2D eigenvalue weighted by atomic mass is 16.6. The molecule has 3 aromatic heterocycles. The van der Waals surface area contributed by atoms with Crippen LogP contribution < -0.4 is 10.9 Å². The number of pyridine rings is 3. The lowest BCUT2D eigenvalue weighted by atomic mass is 9.97. The van der Waals surface area contributed by atoms with Gasteiger partial charge in [-0.05, 0) is 94.3 Å². The van der Waals surface area contributed by atoms with Crippen molar-refractivity contribution < 1.29 is 19.1 Å². The lowest BCUT2D eigenvalue weighted by Crippen LogP contribution is -2.27. The Hall–Kier alpha value is -3.68. The summed E-state index contributed by atoms with van der Waals surface area (Å²) in [6.07, 6.45) is 4.84. The van der Waals surface area contributed by atoms with Gasteiger partial charge in [0.2, 0.25) is 0 Å². The molecule has 0 aromatic carbocycles. The second kappa shape index (κ2) is 8.93. The van der Waals surface area contributed by atoms with E-state index in [4.69, 9.17) is 9.47 Å². The fourth-order valence-corrected chi connectivity index (χ4v) is 4.01. The van der Waals surface area contributed by atoms with Crippen molar-refractivity contribution in [3.05, 3.63) is 63.7 Å². The average molecular weight is 464 g/mol. The predicted octanol–water partition coefficient (Wildman–Crippen LogP) is 5.07. The van der Waals surface area contributed by atoms with Crippen LogP contribution in [0.2, 0.25) is 0 Å². The summed E-state index contributed by atoms with van der Waals surface area (Å²) in [6.45, 7) is 9.28. The van der Waals surface area contributed by atoms with Crippen LogP contribution in [0.25, 0.3) is 16.6 Å². The van der Waals surface area contributed by atoms with Gasteiger partial charge in [-0.15, -0.1) is 0 Å². The van der Waals surface area contributed by atoms with E-state index in [-0.39, 0.29) is 17.7 Å². The van der Waals surface area contributed by atoms with Gasteiger partial charge in [0.25, 0.3) is 5.56 Å². The van der Waals surface area contributed by atoms with E-state index in [2.05, 4.69) is 10.3 Å². The fourth-order valence-electron chi connectivity index (χ4n) is 4.01. The zero-order valence-electron chi connectivity index (χ0n) is 20.1. The molecule has 0 unspecified atom stereocenters. The van der Waals surface area contributed by atoms with Crippen molar-refractivity contribution in [3.63, 3.8) is 0 Å². The molecule has 1 aliphatic carbocycles. The molecule has 34 heavy (non-hydrogen) atoms. The number of aryl methyl sites for hydroxylation is 1. The van der Waals surface area contributed by atoms with Crippen LogP contribution >= 0.6 is 0 Å². The third-order valence-corrected chi connectivity index (χ3v) is 5.63. The Kier molecular flexibility index (Phi) is 6.17. The zero-order valence-corrected chi connectivity index (χ0v) is 20.1. The van der Waals surface area contributed by atoms with Crippen LogP contribution in [-0.4, -0.2) is 33.7 Å². The van der Waals surface area contributed by atoms with Crippen LogP contribution in [0.15, 0.2) is 41.5 Å². The van der Waals surface area contributed by atoms with E-state index in [0.717, 1.165) is 40.6 Å². The standard InChI is InChI=1S/C26H29N3O5/c1-6-33-24(31)20-13-19(16-7-8-16)22-15(2)18(11-12-29(22)23(20)30)17-9-10-21(27-14-17)28-25(32)34-26(3,4)5/h9-14,16H,6-8H2,1-5H3,(H,27,28,32). The van der Waals surface area contributed by atoms with Crippen LogP contribution in [0, 0.1) is 6.92 Å². The van der Waals surface area contributed by atoms with E-state index in [1.807, 2.05) is 19.1 Å². The van der Waals surface area contributed by atoms with Gasteiger partial charge in [0, 0.05) is 18.0 Å². The van der Waals surface area contributed by atoms with E-state index in [1.165, 1.54) is 0 Å². The first-order valence-corrected chi connectivity index (χ1v) is 11.4. The molecule has 0 saturated heterocycles. The van der Waals surface area contributed by atoms with Crippen molar-refractivity contribution in [3.8, 4) is 11.1 Å². The lowest BCUT2D eigenvalue weighted by molar-refractivity contribution is 0.0523. The summed E-state index contributed by atoms with van der Waals surface area (Å²) < 4.78 is 11.9. The summed E-state index contributed by atoms with van der Waals surface area (Å²) in [5.41, 5.74) is 3.56. The monoisotopic (exact) mass is 463 g/mol. The highest BCUT2D eigenvalue weighted by Crippen LogP contribution is 2.43. The number of aromatic nitrogens is 2. The summed E-state index contributed by atoms with van der Waals surface area (Å²) in [4.78, 5) is 41.8. The van der Waals surface area contributed by atoms with Gasteiger partial charge >= 0.3 is 12.1 Å². The largest absolute Gasteiger partial charge is 0.462 e. The minimum Gasteiger partial charge on any atom is -0.462 e. The number of nitrogens with one attached hydrogen (secondary N) is 1. The summed E-state index contributed by atoms with van der Waals surface area (Å²) >= 11 is 0. The predicted molar refractivity (Wildman–Crippen MR) is 129 cm³/mol. The molecule has 4 rings (SSSR count). The highest BCUT2D eigenvalue weighted by Gasteiger charge is 2.29. The first-order chi connectivity index (χ1) is 16.1. The maximum atomic E-state index is 13.1. The molecule has 0 aliphatic heterocycles. The number of anilines is 1. The quantitative estimate of drug-likeness (QED) is 0.530. The smallest absolute Gasteiger partial charge is 0.413 e. The molecule has 3 aromatic rings. The van der Waals surface area contributed by atoms with Crippen molar-refractivity contribution >= 4 is 23.4 Å². The molecule has 1 amide bonds. The van der Waals surface area contributed by atoms with Gasteiger partial charge in [-0.25, -0.2) is 14.6 Å². The number of fused-ring (bicyclic) bond motifs is 1. The van der Waals surface area contributed by atoms with Gasteiger partial charge in [-0.2, -0.15) is 0 Å². The third kappa shape index (κ3) is 4.81. The zero-order chi connectivity index (χ0) is 24.6. The average Bonchev–Trinajstić information content (AvgIpc) is 3.59. The number of nitrogens with zero attached hydrogens (tertiary/aromatic N) is 2. The lowest BCUT2D eigenvalue weighted by Gasteiger charge is -2.19. The molecule has 0 atom stereocenters. The molecule has 0 bridgehead atoms. The summed E-state index contributed by atoms with van der Waals surface area (Å²) in [5.74, 6) is 0.101. The van der Waals surface area contributed by atoms with E-state index in [9.17, 15) is 14.4 Å². The first-order valence-electron chi connectivity index (χ1n) is 11.4. The Morgan fingerprint density at radius 2 is 1.94 bits per heavy atom. The molecule has 1 aliphatic rings. The molecule has 3 heterocycles. The molecule has 1 N–H and O–H groups in total. The van der Waals surface area contributed by atoms with Crippen LogP contribution in [0.1, 0.15) is 67.9 Å². The highest BCUT2D eigenvalue weighted by molar-refractivity contribution is 5.91. The normalized spacial score (nSPS) is 13.6. The number of amides is 1. The molecule has 8 nitrogen and oxygen atoms in total. The second-order valence-corrected chi connectivity index (χ2v) is 9.45. The number of hydrogen-bond acceptors (Lipinski definition) is 6. The maximum absolute atomic E-state index is 13.1. The molecule has 1 saturated carbocycles. The molecular weight excluding hydrogens is 434 g/mol. The first kappa shape index (κ1) is 23.5. The van der Waals surface area contributed by atoms with Crippen LogP contribution in [0.5, 0.6) is 0 Å². The summed E-state index contributed by atoms with van der Waals surface area (Å²) in [7, 11) is 0. The van der Waals surface area contributed by atoms with Crippen LogP contribution in [0.3, 0.4) is 0 Å². The van der Waals surface area contributed by atoms with Gasteiger partial charge in [-0.1, -0.05) is 0 Å². The van der Waals surface area contributed by atoms with Gasteiger partial charge in [-0.3, -0.25) is 14.5 Å². The van der Waals surface area contributed by atoms with E-state index in [0.29, 0.717) is 11.7 Å². The van der Waals surface area contributed by atoms with Crippen molar-refractivity contribution in [2.75, 3.05) is 11.9 Å². The van der Waals surface area contributed by atoms with E-state index < -0.39 is 17.7 Å². The maximum Gasteiger partial charge on any atom is 0.413 e. The van der Waals surface area contributed by atoms with Gasteiger partial charge < -0.3 is 9.47 Å². The Morgan fingerprint density at radius 1 is 1.21 bits per heavy atom. The van der Waals surface area contributed by atoms with E-state index >= 15 is 0 Å². The number of carbonyl (C=O) groups is 2. The third-order valence-electron chi connectivity index (χ3n) is 5.63. The minimum atomic E-state index is -0.600. The van der Waals surface area contributed by atoms with Crippen LogP contribution in [0.4, 0.5) is 10.6 Å². The van der Waals surface area contributed by atoms with Crippen molar-refractivity contribution in [1.82, 2.24) is 9.38 Å². The molecule has 8 heteroatoms. The van der Waals surface area contributed by atoms with Crippen LogP contribution in [-0.2, 0) is 9.47 Å². The summed E-state index contributed by atoms with van der Waals surface area (Å²) in [5, 5.41) is 2.63. The van der Waals surface area contributed by atoms with Gasteiger partial charge in [0.05, 0.1) is 12.1 Å². The Labute approximate surface area is 197 Å². The van der Waals surface area contributed by atoms with Gasteiger partial charge in [0.1, 0.15) is 17.0 Å². The number of carbonyl (C=O) groups excluding carboxylic acids is 2. The van der Waals surface area contributed by atoms with Crippen molar-refractivity contribution in [2.24, 2.45) is 0 Å². The number of esters is 1. The second-order valence-electron chi connectivity index (χ2n) is 9.45. The number of ether oxygens (including phenoxy) is 2. The summed E-state index contributed by atoms with van der Waals surface area (Å²) in [6, 6.07) is 7.12. The minimum absolute atomic E-state index is 0.0626. The SMILES string of the molecule is CCOC(=O)c1cc(C2CC2)c2c(C)c(-c3ccc(NC(=O)OC(C)(C)C)nc3)ccn2c1=O. The van der Waals surface area contributed by atoms with Gasteiger partial charge in [0.15, 0.2) is 0 Å². The van der Waals surface area contributed by atoms with Crippen molar-refractivity contribution in [2.45, 2.75) is 59.0 Å². The number of rotatable bonds is 5. The topological polar surface area (TPSA) is 99.0 Å². The molecule has 1 fully saturated rings. The Bertz CT molecular complexity index is 1320. The van der Waals surface area contributed by atoms with E-state index in [1.54, 1.807) is 56.6 Å². The fraction of sp³-hybridized carbons (Fsp3) is 0.385. The molecule has 178 valence electrons. The number of hydrogen-bond donors (Lipinski definition) is 1.